The van der Waals surface area contributed by atoms with Gasteiger partial charge in [-0.3, -0.25) is 14.6 Å². The lowest BCUT2D eigenvalue weighted by Gasteiger charge is -2.47. The van der Waals surface area contributed by atoms with Crippen molar-refractivity contribution >= 4 is 34.5 Å². The van der Waals surface area contributed by atoms with Gasteiger partial charge in [0.2, 0.25) is 0 Å². The molecule has 3 saturated heterocycles. The quantitative estimate of drug-likeness (QED) is 0.246. The monoisotopic (exact) mass is 767 g/mol. The van der Waals surface area contributed by atoms with Gasteiger partial charge in [0, 0.05) is 40.9 Å². The number of carbonyl (C=O) groups excluding carboxylic acids is 4. The van der Waals surface area contributed by atoms with Gasteiger partial charge in [0.15, 0.2) is 17.7 Å². The summed E-state index contributed by atoms with van der Waals surface area (Å²) < 4.78 is 46.5. The number of rotatable bonds is 6. The van der Waals surface area contributed by atoms with Crippen LogP contribution in [0.5, 0.6) is 0 Å². The molecule has 4 heterocycles. The summed E-state index contributed by atoms with van der Waals surface area (Å²) in [5.41, 5.74) is -1.69. The molecule has 13 nitrogen and oxygen atoms in total. The molecule has 0 aliphatic carbocycles. The molecule has 0 saturated carbocycles. The highest BCUT2D eigenvalue weighted by molar-refractivity contribution is 6.03. The zero-order valence-corrected chi connectivity index (χ0v) is 33.0. The molecule has 1 aromatic heterocycles. The van der Waals surface area contributed by atoms with Crippen LogP contribution in [0, 0.1) is 29.6 Å². The number of aromatic nitrogens is 1. The summed E-state index contributed by atoms with van der Waals surface area (Å²) in [7, 11) is 3.63. The maximum atomic E-state index is 16.2. The average molecular weight is 768 g/mol. The average Bonchev–Trinajstić information content (AvgIpc) is 3.47. The summed E-state index contributed by atoms with van der Waals surface area (Å²) in [6.07, 6.45) is -6.83. The van der Waals surface area contributed by atoms with Gasteiger partial charge in [-0.05, 0) is 66.3 Å². The molecule has 3 aliphatic heterocycles. The maximum Gasteiger partial charge on any atom is 0.408 e. The van der Waals surface area contributed by atoms with Crippen LogP contribution >= 0.6 is 0 Å². The topological polar surface area (TPSA) is 163 Å². The number of amides is 1. The van der Waals surface area contributed by atoms with Crippen LogP contribution in [0.15, 0.2) is 36.5 Å². The van der Waals surface area contributed by atoms with Crippen LogP contribution in [0.25, 0.3) is 10.9 Å². The number of likely N-dealkylation sites (N-methyl/N-ethyl adjacent to an activating group) is 1. The summed E-state index contributed by atoms with van der Waals surface area (Å²) >= 11 is 0. The van der Waals surface area contributed by atoms with E-state index >= 15 is 4.39 Å². The second kappa shape index (κ2) is 17.0. The Kier molecular flexibility index (Phi) is 13.0. The zero-order chi connectivity index (χ0) is 40.4. The second-order valence-electron chi connectivity index (χ2n) is 15.8. The smallest absolute Gasteiger partial charge is 0.408 e. The standard InChI is InChI=1S/C41H54FN3O10/c1-10-30-41(7)35(44-39(50)55-41)24(4)32(46)22(2)20-40(6,51-17-13-14-26-19-27-15-11-12-16-28(27)43-21-26)36(25(5)33(47)31(42)37(49)53-30)54-38-34(48)29(45(8)9)18-23(3)52-38/h11-12,15-16,19,21-25,29-31,34-36,38,48H,10,17-18,20H2,1-9H3,(H,44,50)/t22-,23-,24-,25+,29+,30+,31?,34-,35-,36-,38+,40+,41-/m1/s1. The van der Waals surface area contributed by atoms with E-state index in [0.717, 1.165) is 10.9 Å². The Morgan fingerprint density at radius 2 is 1.78 bits per heavy atom. The van der Waals surface area contributed by atoms with Crippen LogP contribution in [-0.4, -0.2) is 119 Å². The molecule has 55 heavy (non-hydrogen) atoms. The molecule has 2 N–H and O–H groups in total. The molecule has 0 radical (unpaired) electrons. The molecule has 0 spiro atoms. The van der Waals surface area contributed by atoms with Crippen molar-refractivity contribution in [3.63, 3.8) is 0 Å². The Labute approximate surface area is 321 Å². The fourth-order valence-corrected chi connectivity index (χ4v) is 8.40. The minimum Gasteiger partial charge on any atom is -0.456 e. The first-order chi connectivity index (χ1) is 25.9. The number of aliphatic hydroxyl groups is 1. The number of nitrogens with one attached hydrogen (secondary N) is 1. The van der Waals surface area contributed by atoms with Gasteiger partial charge in [0.1, 0.15) is 24.6 Å². The van der Waals surface area contributed by atoms with E-state index < -0.39 is 83.6 Å². The minimum atomic E-state index is -2.75. The molecule has 14 heteroatoms. The fraction of sp³-hybridized carbons (Fsp3) is 0.634. The minimum absolute atomic E-state index is 0.0655. The summed E-state index contributed by atoms with van der Waals surface area (Å²) in [6.45, 7) is 11.2. The number of hydrogen-bond acceptors (Lipinski definition) is 12. The van der Waals surface area contributed by atoms with Crippen molar-refractivity contribution in [2.75, 3.05) is 20.7 Å². The number of esters is 1. The van der Waals surface area contributed by atoms with E-state index in [1.54, 1.807) is 33.9 Å². The number of ketones is 2. The lowest BCUT2D eigenvalue weighted by atomic mass is 9.74. The summed E-state index contributed by atoms with van der Waals surface area (Å²) in [5, 5.41) is 15.1. The van der Waals surface area contributed by atoms with Gasteiger partial charge in [-0.2, -0.15) is 0 Å². The van der Waals surface area contributed by atoms with Crippen molar-refractivity contribution in [2.45, 2.75) is 128 Å². The molecule has 3 fully saturated rings. The van der Waals surface area contributed by atoms with Crippen molar-refractivity contribution in [3.8, 4) is 11.8 Å². The van der Waals surface area contributed by atoms with Crippen molar-refractivity contribution < 1.29 is 52.4 Å². The van der Waals surface area contributed by atoms with Gasteiger partial charge in [-0.15, -0.1) is 0 Å². The van der Waals surface area contributed by atoms with E-state index in [0.29, 0.717) is 12.0 Å². The number of benzene rings is 1. The number of nitrogens with zero attached hydrogens (tertiary/aromatic N) is 2. The molecular weight excluding hydrogens is 713 g/mol. The van der Waals surface area contributed by atoms with Gasteiger partial charge < -0.3 is 39.0 Å². The van der Waals surface area contributed by atoms with E-state index in [9.17, 15) is 24.3 Å². The van der Waals surface area contributed by atoms with Crippen molar-refractivity contribution in [1.29, 1.82) is 0 Å². The number of Topliss-reactive ketones (excluding diaryl/α,β-unsaturated/α-hetero) is 2. The Morgan fingerprint density at radius 3 is 2.47 bits per heavy atom. The molecule has 1 aromatic carbocycles. The number of alkyl halides is 1. The number of alkyl carbamates (subject to hydrolysis) is 1. The highest BCUT2D eigenvalue weighted by atomic mass is 19.1. The van der Waals surface area contributed by atoms with Gasteiger partial charge >= 0.3 is 12.1 Å². The van der Waals surface area contributed by atoms with E-state index in [-0.39, 0.29) is 37.4 Å². The predicted octanol–water partition coefficient (Wildman–Crippen LogP) is 4.15. The molecule has 0 bridgehead atoms. The Bertz CT molecular complexity index is 1810. The number of aliphatic hydroxyl groups excluding tert-OH is 1. The van der Waals surface area contributed by atoms with Gasteiger partial charge in [-0.1, -0.05) is 57.7 Å². The number of hydrogen-bond donors (Lipinski definition) is 2. The van der Waals surface area contributed by atoms with E-state index in [2.05, 4.69) is 22.1 Å². The third kappa shape index (κ3) is 8.86. The SMILES string of the molecule is CC[C@@H]1OC(=O)C(F)C(=O)[C@H](C)[C@@H](O[C@@H]2O[C@H](C)C[C@H](N(C)C)[C@H]2O)[C@@](C)(OCC#Cc2cnc3ccccc3c2)C[C@@H](C)C(=O)[C@@H](C)[C@H]2NC(=O)O[C@]12C. The molecule has 13 atom stereocenters. The van der Waals surface area contributed by atoms with Gasteiger partial charge in [-0.25, -0.2) is 14.0 Å². The van der Waals surface area contributed by atoms with Crippen LogP contribution in [0.4, 0.5) is 9.18 Å². The molecule has 300 valence electrons. The van der Waals surface area contributed by atoms with Crippen molar-refractivity contribution in [1.82, 2.24) is 15.2 Å². The normalized spacial score (nSPS) is 37.6. The zero-order valence-electron chi connectivity index (χ0n) is 33.0. The first-order valence-corrected chi connectivity index (χ1v) is 18.9. The molecule has 2 aromatic rings. The summed E-state index contributed by atoms with van der Waals surface area (Å²) in [6, 6.07) is 8.15. The summed E-state index contributed by atoms with van der Waals surface area (Å²) in [4.78, 5) is 60.7. The lowest BCUT2D eigenvalue weighted by molar-refractivity contribution is -0.296. The van der Waals surface area contributed by atoms with Crippen LogP contribution in [-0.2, 0) is 38.1 Å². The number of ether oxygens (including phenoxy) is 5. The number of fused-ring (bicyclic) bond motifs is 2. The van der Waals surface area contributed by atoms with Crippen molar-refractivity contribution in [2.24, 2.45) is 17.8 Å². The van der Waals surface area contributed by atoms with E-state index in [4.69, 9.17) is 23.7 Å². The molecule has 1 amide bonds. The molecule has 3 aliphatic rings. The highest BCUT2D eigenvalue weighted by Gasteiger charge is 2.57. The number of cyclic esters (lactones) is 1. The second-order valence-corrected chi connectivity index (χ2v) is 15.8. The van der Waals surface area contributed by atoms with Crippen LogP contribution in [0.3, 0.4) is 0 Å². The van der Waals surface area contributed by atoms with Crippen LogP contribution < -0.4 is 5.32 Å². The Morgan fingerprint density at radius 1 is 1.07 bits per heavy atom. The Balaban J connectivity index is 1.57. The first-order valence-electron chi connectivity index (χ1n) is 18.9. The first kappa shape index (κ1) is 42.1. The third-order valence-electron chi connectivity index (χ3n) is 11.4. The third-order valence-corrected chi connectivity index (χ3v) is 11.4. The lowest BCUT2D eigenvalue weighted by Crippen LogP contribution is -2.60. The van der Waals surface area contributed by atoms with Gasteiger partial charge in [0.05, 0.1) is 29.4 Å². The van der Waals surface area contributed by atoms with E-state index in [1.165, 1.54) is 13.8 Å². The number of para-hydroxylation sites is 1. The predicted molar refractivity (Wildman–Crippen MR) is 199 cm³/mol. The van der Waals surface area contributed by atoms with Crippen molar-refractivity contribution in [3.05, 3.63) is 42.1 Å². The highest BCUT2D eigenvalue weighted by Crippen LogP contribution is 2.40. The molecule has 1 unspecified atom stereocenters. The maximum absolute atomic E-state index is 16.2. The number of halogens is 1. The van der Waals surface area contributed by atoms with Crippen LogP contribution in [0.2, 0.25) is 0 Å². The van der Waals surface area contributed by atoms with E-state index in [1.807, 2.05) is 56.3 Å². The number of pyridine rings is 1. The molecular formula is C41H54FN3O10. The molecule has 5 rings (SSSR count). The fourth-order valence-electron chi connectivity index (χ4n) is 8.40. The van der Waals surface area contributed by atoms with Crippen LogP contribution in [0.1, 0.15) is 73.3 Å². The Hall–Kier alpha value is -4.00. The number of carbonyl (C=O) groups is 4. The largest absolute Gasteiger partial charge is 0.456 e. The summed E-state index contributed by atoms with van der Waals surface area (Å²) in [5.74, 6) is 0.0883. The van der Waals surface area contributed by atoms with Gasteiger partial charge in [0.25, 0.3) is 6.17 Å².